The zero-order valence-electron chi connectivity index (χ0n) is 13.6. The number of nitrogens with zero attached hydrogens (tertiary/aromatic N) is 1. The van der Waals surface area contributed by atoms with E-state index >= 15 is 0 Å². The van der Waals surface area contributed by atoms with E-state index in [0.717, 1.165) is 12.8 Å². The second-order valence-corrected chi connectivity index (χ2v) is 9.01. The van der Waals surface area contributed by atoms with E-state index in [9.17, 15) is 8.42 Å². The molecule has 2 aliphatic rings. The van der Waals surface area contributed by atoms with Crippen LogP contribution in [0.3, 0.4) is 0 Å². The quantitative estimate of drug-likeness (QED) is 0.927. The third-order valence-electron chi connectivity index (χ3n) is 5.19. The molecule has 0 spiro atoms. The van der Waals surface area contributed by atoms with Gasteiger partial charge in [0.2, 0.25) is 10.0 Å². The van der Waals surface area contributed by atoms with Crippen molar-refractivity contribution in [2.24, 2.45) is 0 Å². The van der Waals surface area contributed by atoms with Crippen LogP contribution in [-0.4, -0.2) is 37.9 Å². The molecule has 2 unspecified atom stereocenters. The predicted octanol–water partition coefficient (Wildman–Crippen LogP) is 2.71. The van der Waals surface area contributed by atoms with Gasteiger partial charge in [-0.2, -0.15) is 4.31 Å². The Balaban J connectivity index is 1.79. The first kappa shape index (κ1) is 16.0. The van der Waals surface area contributed by atoms with Crippen molar-refractivity contribution < 1.29 is 8.42 Å². The van der Waals surface area contributed by atoms with Gasteiger partial charge in [0.1, 0.15) is 0 Å². The minimum Gasteiger partial charge on any atom is -0.311 e. The number of piperidine rings is 1. The molecule has 5 heteroatoms. The molecular formula is C17H26N2O2S. The van der Waals surface area contributed by atoms with Crippen LogP contribution in [0.1, 0.15) is 51.0 Å². The first-order valence-electron chi connectivity index (χ1n) is 8.22. The van der Waals surface area contributed by atoms with Crippen LogP contribution in [0.4, 0.5) is 0 Å². The molecular weight excluding hydrogens is 296 g/mol. The van der Waals surface area contributed by atoms with Gasteiger partial charge in [-0.25, -0.2) is 8.42 Å². The summed E-state index contributed by atoms with van der Waals surface area (Å²) in [5.74, 6) is 0.412. The van der Waals surface area contributed by atoms with Gasteiger partial charge >= 0.3 is 0 Å². The zero-order valence-corrected chi connectivity index (χ0v) is 14.4. The van der Waals surface area contributed by atoms with Crippen molar-refractivity contribution in [3.8, 4) is 0 Å². The van der Waals surface area contributed by atoms with Gasteiger partial charge in [0, 0.05) is 25.2 Å². The van der Waals surface area contributed by atoms with Crippen LogP contribution < -0.4 is 5.32 Å². The summed E-state index contributed by atoms with van der Waals surface area (Å²) in [5.41, 5.74) is 1.17. The molecule has 122 valence electrons. The molecule has 1 aromatic carbocycles. The monoisotopic (exact) mass is 322 g/mol. The molecule has 1 N–H and O–H groups in total. The molecule has 0 amide bonds. The molecule has 2 fully saturated rings. The van der Waals surface area contributed by atoms with Gasteiger partial charge in [0.15, 0.2) is 0 Å². The maximum atomic E-state index is 12.9. The highest BCUT2D eigenvalue weighted by molar-refractivity contribution is 7.89. The van der Waals surface area contributed by atoms with E-state index in [4.69, 9.17) is 0 Å². The fourth-order valence-corrected chi connectivity index (χ4v) is 5.09. The molecule has 2 aliphatic heterocycles. The van der Waals surface area contributed by atoms with Crippen LogP contribution in [0.15, 0.2) is 29.2 Å². The molecule has 0 aliphatic carbocycles. The average Bonchev–Trinajstić information content (AvgIpc) is 2.84. The first-order valence-corrected chi connectivity index (χ1v) is 9.66. The van der Waals surface area contributed by atoms with E-state index in [2.05, 4.69) is 19.2 Å². The largest absolute Gasteiger partial charge is 0.311 e. The third-order valence-corrected chi connectivity index (χ3v) is 7.11. The molecule has 4 nitrogen and oxygen atoms in total. The zero-order chi connectivity index (χ0) is 15.9. The number of hydrogen-bond donors (Lipinski definition) is 1. The second-order valence-electron chi connectivity index (χ2n) is 7.01. The Kier molecular flexibility index (Phi) is 4.32. The van der Waals surface area contributed by atoms with Crippen molar-refractivity contribution in [2.75, 3.05) is 7.05 Å². The Labute approximate surface area is 134 Å². The second kappa shape index (κ2) is 5.95. The number of rotatable bonds is 4. The summed E-state index contributed by atoms with van der Waals surface area (Å²) in [7, 11) is -1.66. The lowest BCUT2D eigenvalue weighted by molar-refractivity contribution is 0.251. The lowest BCUT2D eigenvalue weighted by Gasteiger charge is -2.34. The number of fused-ring (bicyclic) bond motifs is 2. The molecule has 1 aromatic rings. The van der Waals surface area contributed by atoms with Gasteiger partial charge < -0.3 is 5.32 Å². The van der Waals surface area contributed by atoms with E-state index < -0.39 is 10.0 Å². The lowest BCUT2D eigenvalue weighted by atomic mass is 10.0. The SMILES string of the molecule is CC(C)c1ccc(S(=O)(=O)N(C)C2CC3CCC(C2)N3)cc1. The van der Waals surface area contributed by atoms with Gasteiger partial charge in [0.25, 0.3) is 0 Å². The number of hydrogen-bond acceptors (Lipinski definition) is 3. The Morgan fingerprint density at radius 3 is 2.14 bits per heavy atom. The maximum absolute atomic E-state index is 12.9. The van der Waals surface area contributed by atoms with E-state index in [1.165, 1.54) is 18.4 Å². The van der Waals surface area contributed by atoms with Crippen molar-refractivity contribution in [1.82, 2.24) is 9.62 Å². The molecule has 2 atom stereocenters. The molecule has 3 rings (SSSR count). The number of sulfonamides is 1. The van der Waals surface area contributed by atoms with Crippen molar-refractivity contribution in [2.45, 2.75) is 68.5 Å². The molecule has 0 radical (unpaired) electrons. The Hall–Kier alpha value is -0.910. The van der Waals surface area contributed by atoms with Crippen molar-refractivity contribution in [3.05, 3.63) is 29.8 Å². The summed E-state index contributed by atoms with van der Waals surface area (Å²) in [6.45, 7) is 4.22. The fraction of sp³-hybridized carbons (Fsp3) is 0.647. The summed E-state index contributed by atoms with van der Waals surface area (Å²) < 4.78 is 27.3. The van der Waals surface area contributed by atoms with Crippen molar-refractivity contribution in [3.63, 3.8) is 0 Å². The highest BCUT2D eigenvalue weighted by atomic mass is 32.2. The van der Waals surface area contributed by atoms with Crippen molar-refractivity contribution in [1.29, 1.82) is 0 Å². The molecule has 0 aromatic heterocycles. The van der Waals surface area contributed by atoms with Crippen LogP contribution in [0.5, 0.6) is 0 Å². The summed E-state index contributed by atoms with van der Waals surface area (Å²) >= 11 is 0. The molecule has 2 heterocycles. The van der Waals surface area contributed by atoms with E-state index in [0.29, 0.717) is 22.9 Å². The summed E-state index contributed by atoms with van der Waals surface area (Å²) in [6.07, 6.45) is 4.21. The van der Waals surface area contributed by atoms with Gasteiger partial charge in [-0.15, -0.1) is 0 Å². The smallest absolute Gasteiger partial charge is 0.243 e. The fourth-order valence-electron chi connectivity index (χ4n) is 3.71. The van der Waals surface area contributed by atoms with Crippen LogP contribution in [0.2, 0.25) is 0 Å². The number of benzene rings is 1. The highest BCUT2D eigenvalue weighted by Crippen LogP contribution is 2.31. The lowest BCUT2D eigenvalue weighted by Crippen LogP contribution is -2.48. The van der Waals surface area contributed by atoms with Crippen LogP contribution in [0.25, 0.3) is 0 Å². The molecule has 2 bridgehead atoms. The third kappa shape index (κ3) is 2.94. The minimum atomic E-state index is -3.39. The van der Waals surface area contributed by atoms with E-state index in [1.54, 1.807) is 23.5 Å². The van der Waals surface area contributed by atoms with Crippen molar-refractivity contribution >= 4 is 10.0 Å². The predicted molar refractivity (Wildman–Crippen MR) is 88.4 cm³/mol. The maximum Gasteiger partial charge on any atom is 0.243 e. The van der Waals surface area contributed by atoms with Crippen LogP contribution >= 0.6 is 0 Å². The van der Waals surface area contributed by atoms with Crippen LogP contribution in [-0.2, 0) is 10.0 Å². The van der Waals surface area contributed by atoms with E-state index in [-0.39, 0.29) is 6.04 Å². The highest BCUT2D eigenvalue weighted by Gasteiger charge is 2.38. The van der Waals surface area contributed by atoms with Gasteiger partial charge in [0.05, 0.1) is 4.90 Å². The molecule has 22 heavy (non-hydrogen) atoms. The van der Waals surface area contributed by atoms with Crippen LogP contribution in [0, 0.1) is 0 Å². The number of nitrogens with one attached hydrogen (secondary N) is 1. The first-order chi connectivity index (χ1) is 10.4. The van der Waals surface area contributed by atoms with Gasteiger partial charge in [-0.05, 0) is 49.3 Å². The Bertz CT molecular complexity index is 613. The standard InChI is InChI=1S/C17H26N2O2S/c1-12(2)13-4-8-17(9-5-13)22(20,21)19(3)16-10-14-6-7-15(11-16)18-14/h4-5,8-9,12,14-16,18H,6-7,10-11H2,1-3H3. The van der Waals surface area contributed by atoms with E-state index in [1.807, 2.05) is 12.1 Å². The molecule has 0 saturated carbocycles. The Morgan fingerprint density at radius 2 is 1.64 bits per heavy atom. The molecule has 2 saturated heterocycles. The topological polar surface area (TPSA) is 49.4 Å². The Morgan fingerprint density at radius 1 is 1.09 bits per heavy atom. The summed E-state index contributed by atoms with van der Waals surface area (Å²) in [4.78, 5) is 0.408. The normalized spacial score (nSPS) is 28.5. The van der Waals surface area contributed by atoms with Gasteiger partial charge in [-0.1, -0.05) is 26.0 Å². The summed E-state index contributed by atoms with van der Waals surface area (Å²) in [6, 6.07) is 8.45. The minimum absolute atomic E-state index is 0.119. The average molecular weight is 322 g/mol. The summed E-state index contributed by atoms with van der Waals surface area (Å²) in [5, 5.41) is 3.56. The van der Waals surface area contributed by atoms with Gasteiger partial charge in [-0.3, -0.25) is 0 Å².